The van der Waals surface area contributed by atoms with Gasteiger partial charge in [0.05, 0.1) is 0 Å². The summed E-state index contributed by atoms with van der Waals surface area (Å²) in [4.78, 5) is 22.4. The van der Waals surface area contributed by atoms with E-state index in [1.807, 2.05) is 30.3 Å². The van der Waals surface area contributed by atoms with Gasteiger partial charge in [-0.05, 0) is 24.1 Å². The van der Waals surface area contributed by atoms with Gasteiger partial charge >= 0.3 is 5.97 Å². The van der Waals surface area contributed by atoms with Crippen LogP contribution in [0.4, 0.5) is 0 Å². The lowest BCUT2D eigenvalue weighted by Crippen LogP contribution is -2.00. The van der Waals surface area contributed by atoms with E-state index >= 15 is 0 Å². The Morgan fingerprint density at radius 1 is 1.00 bits per heavy atom. The Morgan fingerprint density at radius 3 is 2.28 bits per heavy atom. The number of rotatable bonds is 5. The third-order valence-electron chi connectivity index (χ3n) is 2.58. The number of carboxylic acids is 1. The molecule has 1 heterocycles. The number of aryl methyl sites for hydroxylation is 1. The van der Waals surface area contributed by atoms with Gasteiger partial charge in [0.1, 0.15) is 0 Å². The van der Waals surface area contributed by atoms with Crippen molar-refractivity contribution >= 4 is 11.8 Å². The lowest BCUT2D eigenvalue weighted by molar-refractivity contribution is 0.0660. The van der Waals surface area contributed by atoms with Gasteiger partial charge in [-0.2, -0.15) is 0 Å². The highest BCUT2D eigenvalue weighted by Gasteiger charge is 2.14. The van der Waals surface area contributed by atoms with Gasteiger partial charge in [0, 0.05) is 6.42 Å². The van der Waals surface area contributed by atoms with E-state index in [4.69, 9.17) is 9.52 Å². The zero-order chi connectivity index (χ0) is 13.0. The summed E-state index contributed by atoms with van der Waals surface area (Å²) in [5.74, 6) is -1.47. The first-order valence-corrected chi connectivity index (χ1v) is 5.57. The van der Waals surface area contributed by atoms with Gasteiger partial charge in [0.15, 0.2) is 11.5 Å². The summed E-state index contributed by atoms with van der Waals surface area (Å²) in [7, 11) is 0. The average molecular weight is 244 g/mol. The zero-order valence-corrected chi connectivity index (χ0v) is 9.63. The summed E-state index contributed by atoms with van der Waals surface area (Å²) in [6, 6.07) is 12.3. The Kier molecular flexibility index (Phi) is 3.57. The van der Waals surface area contributed by atoms with Gasteiger partial charge in [-0.3, -0.25) is 4.79 Å². The second kappa shape index (κ2) is 5.31. The average Bonchev–Trinajstić information content (AvgIpc) is 2.87. The molecule has 1 N–H and O–H groups in total. The Morgan fingerprint density at radius 2 is 1.67 bits per heavy atom. The van der Waals surface area contributed by atoms with Crippen LogP contribution in [0.1, 0.15) is 33.1 Å². The fourth-order valence-electron chi connectivity index (χ4n) is 1.63. The molecule has 0 saturated heterocycles. The number of aromatic carboxylic acids is 1. The Labute approximate surface area is 104 Å². The minimum Gasteiger partial charge on any atom is -0.475 e. The number of benzene rings is 1. The van der Waals surface area contributed by atoms with E-state index in [0.717, 1.165) is 5.56 Å². The summed E-state index contributed by atoms with van der Waals surface area (Å²) in [6.07, 6.45) is 0.916. The SMILES string of the molecule is O=C(O)c1ccc(C(=O)CCc2ccccc2)o1. The molecule has 4 nitrogen and oxygen atoms in total. The third-order valence-corrected chi connectivity index (χ3v) is 2.58. The number of hydrogen-bond donors (Lipinski definition) is 1. The zero-order valence-electron chi connectivity index (χ0n) is 9.63. The van der Waals surface area contributed by atoms with Crippen LogP contribution in [0.15, 0.2) is 46.9 Å². The van der Waals surface area contributed by atoms with Crippen LogP contribution in [0.25, 0.3) is 0 Å². The number of furan rings is 1. The minimum absolute atomic E-state index is 0.100. The molecule has 0 aliphatic heterocycles. The number of carbonyl (C=O) groups excluding carboxylic acids is 1. The number of hydrogen-bond acceptors (Lipinski definition) is 3. The summed E-state index contributed by atoms with van der Waals surface area (Å²) < 4.78 is 4.95. The van der Waals surface area contributed by atoms with E-state index < -0.39 is 5.97 Å². The van der Waals surface area contributed by atoms with Crippen LogP contribution >= 0.6 is 0 Å². The first kappa shape index (κ1) is 12.1. The molecular weight excluding hydrogens is 232 g/mol. The van der Waals surface area contributed by atoms with Gasteiger partial charge in [-0.1, -0.05) is 30.3 Å². The molecule has 2 aromatic rings. The van der Waals surface area contributed by atoms with Crippen molar-refractivity contribution in [3.05, 3.63) is 59.5 Å². The lowest BCUT2D eigenvalue weighted by atomic mass is 10.1. The molecule has 18 heavy (non-hydrogen) atoms. The molecule has 0 saturated carbocycles. The molecule has 0 fully saturated rings. The van der Waals surface area contributed by atoms with E-state index in [2.05, 4.69) is 0 Å². The molecule has 2 rings (SSSR count). The van der Waals surface area contributed by atoms with Crippen LogP contribution < -0.4 is 0 Å². The molecule has 0 atom stereocenters. The summed E-state index contributed by atoms with van der Waals surface area (Å²) in [6.45, 7) is 0. The van der Waals surface area contributed by atoms with Crippen molar-refractivity contribution in [3.8, 4) is 0 Å². The number of Topliss-reactive ketones (excluding diaryl/α,β-unsaturated/α-hetero) is 1. The smallest absolute Gasteiger partial charge is 0.371 e. The molecule has 1 aromatic heterocycles. The topological polar surface area (TPSA) is 67.5 Å². The van der Waals surface area contributed by atoms with Crippen LogP contribution in [0.3, 0.4) is 0 Å². The summed E-state index contributed by atoms with van der Waals surface area (Å²) >= 11 is 0. The van der Waals surface area contributed by atoms with Crippen molar-refractivity contribution in [2.24, 2.45) is 0 Å². The first-order valence-electron chi connectivity index (χ1n) is 5.57. The Balaban J connectivity index is 1.97. The van der Waals surface area contributed by atoms with Gasteiger partial charge in [-0.15, -0.1) is 0 Å². The van der Waals surface area contributed by atoms with E-state index in [1.165, 1.54) is 12.1 Å². The Bertz CT molecular complexity index is 554. The maximum atomic E-state index is 11.8. The maximum absolute atomic E-state index is 11.8. The lowest BCUT2D eigenvalue weighted by Gasteiger charge is -1.98. The van der Waals surface area contributed by atoms with Crippen molar-refractivity contribution in [2.75, 3.05) is 0 Å². The van der Waals surface area contributed by atoms with Crippen LogP contribution in [-0.4, -0.2) is 16.9 Å². The largest absolute Gasteiger partial charge is 0.475 e. The molecule has 92 valence electrons. The Hall–Kier alpha value is -2.36. The number of carboxylic acid groups (broad SMARTS) is 1. The molecule has 0 bridgehead atoms. The van der Waals surface area contributed by atoms with Gasteiger partial charge in [-0.25, -0.2) is 4.79 Å². The van der Waals surface area contributed by atoms with Crippen molar-refractivity contribution < 1.29 is 19.1 Å². The number of ketones is 1. The maximum Gasteiger partial charge on any atom is 0.371 e. The highest BCUT2D eigenvalue weighted by molar-refractivity contribution is 5.95. The van der Waals surface area contributed by atoms with Gasteiger partial charge in [0.2, 0.25) is 5.76 Å². The summed E-state index contributed by atoms with van der Waals surface area (Å²) in [5, 5.41) is 8.68. The van der Waals surface area contributed by atoms with Crippen molar-refractivity contribution in [2.45, 2.75) is 12.8 Å². The minimum atomic E-state index is -1.17. The quantitative estimate of drug-likeness (QED) is 0.821. The molecule has 0 amide bonds. The van der Waals surface area contributed by atoms with Crippen LogP contribution in [0.2, 0.25) is 0 Å². The van der Waals surface area contributed by atoms with Crippen LogP contribution in [0.5, 0.6) is 0 Å². The van der Waals surface area contributed by atoms with E-state index in [0.29, 0.717) is 12.8 Å². The van der Waals surface area contributed by atoms with E-state index in [1.54, 1.807) is 0 Å². The van der Waals surface area contributed by atoms with Crippen molar-refractivity contribution in [1.29, 1.82) is 0 Å². The molecule has 4 heteroatoms. The van der Waals surface area contributed by atoms with Crippen LogP contribution in [-0.2, 0) is 6.42 Å². The number of carbonyl (C=O) groups is 2. The van der Waals surface area contributed by atoms with Crippen molar-refractivity contribution in [1.82, 2.24) is 0 Å². The van der Waals surface area contributed by atoms with E-state index in [-0.39, 0.29) is 17.3 Å². The summed E-state index contributed by atoms with van der Waals surface area (Å²) in [5.41, 5.74) is 1.07. The molecule has 0 unspecified atom stereocenters. The second-order valence-corrected chi connectivity index (χ2v) is 3.88. The molecule has 0 spiro atoms. The molecule has 0 aliphatic rings. The predicted octanol–water partition coefficient (Wildman–Crippen LogP) is 2.79. The standard InChI is InChI=1S/C14H12O4/c15-11(7-6-10-4-2-1-3-5-10)12-8-9-13(18-12)14(16)17/h1-5,8-9H,6-7H2,(H,16,17). The van der Waals surface area contributed by atoms with Crippen molar-refractivity contribution in [3.63, 3.8) is 0 Å². The monoisotopic (exact) mass is 244 g/mol. The van der Waals surface area contributed by atoms with Crippen LogP contribution in [0, 0.1) is 0 Å². The molecule has 0 aliphatic carbocycles. The van der Waals surface area contributed by atoms with E-state index in [9.17, 15) is 9.59 Å². The fourth-order valence-corrected chi connectivity index (χ4v) is 1.63. The fraction of sp³-hybridized carbons (Fsp3) is 0.143. The molecule has 1 aromatic carbocycles. The normalized spacial score (nSPS) is 10.2. The predicted molar refractivity (Wildman–Crippen MR) is 64.8 cm³/mol. The third kappa shape index (κ3) is 2.85. The van der Waals surface area contributed by atoms with Gasteiger partial charge < -0.3 is 9.52 Å². The van der Waals surface area contributed by atoms with Gasteiger partial charge in [0.25, 0.3) is 0 Å². The molecule has 0 radical (unpaired) electrons. The first-order chi connectivity index (χ1) is 8.66. The second-order valence-electron chi connectivity index (χ2n) is 3.88. The molecular formula is C14H12O4. The highest BCUT2D eigenvalue weighted by atomic mass is 16.4. The highest BCUT2D eigenvalue weighted by Crippen LogP contribution is 2.12.